The van der Waals surface area contributed by atoms with E-state index >= 15 is 0 Å². The Kier molecular flexibility index (Phi) is 6.35. The van der Waals surface area contributed by atoms with Crippen molar-refractivity contribution in [3.63, 3.8) is 0 Å². The highest BCUT2D eigenvalue weighted by molar-refractivity contribution is 5.45. The van der Waals surface area contributed by atoms with Gasteiger partial charge < -0.3 is 0 Å². The topological polar surface area (TPSA) is 0 Å². The van der Waals surface area contributed by atoms with Gasteiger partial charge in [-0.25, -0.2) is 0 Å². The van der Waals surface area contributed by atoms with E-state index in [-0.39, 0.29) is 0 Å². The molecule has 0 unspecified atom stereocenters. The molecule has 0 nitrogen and oxygen atoms in total. The van der Waals surface area contributed by atoms with Gasteiger partial charge in [0.2, 0.25) is 0 Å². The Morgan fingerprint density at radius 1 is 1.26 bits per heavy atom. The van der Waals surface area contributed by atoms with E-state index in [0.29, 0.717) is 5.92 Å². The lowest BCUT2D eigenvalue weighted by Gasteiger charge is -2.05. The van der Waals surface area contributed by atoms with Crippen molar-refractivity contribution in [1.82, 2.24) is 0 Å². The third-order valence-electron chi connectivity index (χ3n) is 3.49. The lowest BCUT2D eigenvalue weighted by Crippen LogP contribution is -1.89. The van der Waals surface area contributed by atoms with Crippen molar-refractivity contribution in [1.29, 1.82) is 0 Å². The van der Waals surface area contributed by atoms with Gasteiger partial charge in [-0.1, -0.05) is 75.5 Å². The molecule has 1 aliphatic rings. The second-order valence-corrected chi connectivity index (χ2v) is 5.24. The summed E-state index contributed by atoms with van der Waals surface area (Å²) in [6, 6.07) is 0. The molecule has 0 radical (unpaired) electrons. The van der Waals surface area contributed by atoms with E-state index in [4.69, 9.17) is 0 Å². The average Bonchev–Trinajstić information content (AvgIpc) is 2.64. The molecule has 0 amide bonds. The van der Waals surface area contributed by atoms with Gasteiger partial charge in [0.25, 0.3) is 0 Å². The van der Waals surface area contributed by atoms with E-state index < -0.39 is 0 Å². The monoisotopic (exact) mass is 254 g/mol. The Hall–Kier alpha value is -1.56. The summed E-state index contributed by atoms with van der Waals surface area (Å²) in [4.78, 5) is 0. The van der Waals surface area contributed by atoms with Crippen LogP contribution in [0.15, 0.2) is 71.4 Å². The predicted molar refractivity (Wildman–Crippen MR) is 87.1 cm³/mol. The van der Waals surface area contributed by atoms with E-state index in [2.05, 4.69) is 70.7 Å². The molecule has 0 saturated heterocycles. The number of hydrogen-bond acceptors (Lipinski definition) is 0. The first kappa shape index (κ1) is 15.5. The van der Waals surface area contributed by atoms with Crippen LogP contribution in [0.25, 0.3) is 0 Å². The maximum atomic E-state index is 3.87. The van der Waals surface area contributed by atoms with Gasteiger partial charge in [-0.2, -0.15) is 0 Å². The molecule has 0 heteroatoms. The fraction of sp³-hybridized carbons (Fsp3) is 0.368. The van der Waals surface area contributed by atoms with Crippen LogP contribution in [0, 0.1) is 5.92 Å². The van der Waals surface area contributed by atoms with Crippen LogP contribution >= 0.6 is 0 Å². The minimum absolute atomic E-state index is 0.522. The summed E-state index contributed by atoms with van der Waals surface area (Å²) in [5, 5.41) is 0. The normalized spacial score (nSPS) is 17.1. The van der Waals surface area contributed by atoms with Crippen LogP contribution in [-0.2, 0) is 0 Å². The molecule has 0 heterocycles. The number of rotatable bonds is 5. The molecule has 0 fully saturated rings. The van der Waals surface area contributed by atoms with Gasteiger partial charge in [0.1, 0.15) is 0 Å². The Balaban J connectivity index is 2.87. The standard InChI is InChI=1S/C19H26/c1-6-17-9-8-10-19(14-12-17)16(5)11-13-18(7-2)15(3)4/h7,9-15H,2,6,8H2,1,3-5H3/b16-11+,18-13+. The first-order valence-electron chi connectivity index (χ1n) is 7.17. The van der Waals surface area contributed by atoms with Crippen LogP contribution in [0.5, 0.6) is 0 Å². The van der Waals surface area contributed by atoms with Crippen molar-refractivity contribution in [2.24, 2.45) is 5.92 Å². The quantitative estimate of drug-likeness (QED) is 0.534. The number of allylic oxidation sites excluding steroid dienone is 11. The van der Waals surface area contributed by atoms with Crippen LogP contribution in [0.3, 0.4) is 0 Å². The zero-order valence-corrected chi connectivity index (χ0v) is 12.7. The second-order valence-electron chi connectivity index (χ2n) is 5.24. The van der Waals surface area contributed by atoms with Gasteiger partial charge in [-0.3, -0.25) is 0 Å². The van der Waals surface area contributed by atoms with Crippen LogP contribution in [-0.4, -0.2) is 0 Å². The molecule has 102 valence electrons. The van der Waals surface area contributed by atoms with Gasteiger partial charge >= 0.3 is 0 Å². The summed E-state index contributed by atoms with van der Waals surface area (Å²) in [6.45, 7) is 12.6. The van der Waals surface area contributed by atoms with Crippen molar-refractivity contribution in [3.8, 4) is 0 Å². The Labute approximate surface area is 118 Å². The third-order valence-corrected chi connectivity index (χ3v) is 3.49. The van der Waals surface area contributed by atoms with E-state index in [9.17, 15) is 0 Å². The minimum Gasteiger partial charge on any atom is -0.0988 e. The van der Waals surface area contributed by atoms with Gasteiger partial charge in [0.15, 0.2) is 0 Å². The summed E-state index contributed by atoms with van der Waals surface area (Å²) in [7, 11) is 0. The molecule has 0 atom stereocenters. The minimum atomic E-state index is 0.522. The Morgan fingerprint density at radius 2 is 2.00 bits per heavy atom. The fourth-order valence-electron chi connectivity index (χ4n) is 2.04. The van der Waals surface area contributed by atoms with E-state index in [1.807, 2.05) is 6.08 Å². The molecule has 19 heavy (non-hydrogen) atoms. The predicted octanol–water partition coefficient (Wildman–Crippen LogP) is 5.92. The zero-order valence-electron chi connectivity index (χ0n) is 12.7. The summed E-state index contributed by atoms with van der Waals surface area (Å²) in [5.41, 5.74) is 5.33. The van der Waals surface area contributed by atoms with Crippen molar-refractivity contribution in [2.75, 3.05) is 0 Å². The Bertz CT molecular complexity index is 462. The lowest BCUT2D eigenvalue weighted by atomic mass is 10.0. The summed E-state index contributed by atoms with van der Waals surface area (Å²) in [5.74, 6) is 0.522. The zero-order chi connectivity index (χ0) is 14.3. The molecule has 0 spiro atoms. The summed E-state index contributed by atoms with van der Waals surface area (Å²) in [6.07, 6.45) is 17.5. The maximum absolute atomic E-state index is 3.87. The summed E-state index contributed by atoms with van der Waals surface area (Å²) >= 11 is 0. The molecule has 0 aliphatic heterocycles. The molecule has 0 aromatic rings. The van der Waals surface area contributed by atoms with Crippen molar-refractivity contribution < 1.29 is 0 Å². The van der Waals surface area contributed by atoms with Gasteiger partial charge in [0.05, 0.1) is 0 Å². The van der Waals surface area contributed by atoms with E-state index in [0.717, 1.165) is 12.8 Å². The maximum Gasteiger partial charge on any atom is -0.0154 e. The Morgan fingerprint density at radius 3 is 2.58 bits per heavy atom. The van der Waals surface area contributed by atoms with Crippen LogP contribution < -0.4 is 0 Å². The molecular formula is C19H26. The number of hydrogen-bond donors (Lipinski definition) is 0. The lowest BCUT2D eigenvalue weighted by molar-refractivity contribution is 0.792. The third kappa shape index (κ3) is 4.90. The van der Waals surface area contributed by atoms with E-state index in [1.54, 1.807) is 0 Å². The summed E-state index contributed by atoms with van der Waals surface area (Å²) < 4.78 is 0. The molecular weight excluding hydrogens is 228 g/mol. The van der Waals surface area contributed by atoms with Crippen molar-refractivity contribution >= 4 is 0 Å². The highest BCUT2D eigenvalue weighted by Gasteiger charge is 2.00. The highest BCUT2D eigenvalue weighted by Crippen LogP contribution is 2.19. The van der Waals surface area contributed by atoms with Gasteiger partial charge in [0, 0.05) is 0 Å². The first-order chi connectivity index (χ1) is 9.08. The molecule has 0 bridgehead atoms. The van der Waals surface area contributed by atoms with Crippen LogP contribution in [0.1, 0.15) is 40.5 Å². The molecule has 0 saturated carbocycles. The molecule has 0 N–H and O–H groups in total. The van der Waals surface area contributed by atoms with Crippen LogP contribution in [0.2, 0.25) is 0 Å². The smallest absolute Gasteiger partial charge is 0.0154 e. The molecule has 0 aromatic heterocycles. The van der Waals surface area contributed by atoms with Gasteiger partial charge in [-0.05, 0) is 42.4 Å². The first-order valence-corrected chi connectivity index (χ1v) is 7.17. The largest absolute Gasteiger partial charge is 0.0988 e. The fourth-order valence-corrected chi connectivity index (χ4v) is 2.04. The molecule has 1 aliphatic carbocycles. The van der Waals surface area contributed by atoms with Crippen molar-refractivity contribution in [2.45, 2.75) is 40.5 Å². The highest BCUT2D eigenvalue weighted by atomic mass is 14.1. The van der Waals surface area contributed by atoms with Crippen LogP contribution in [0.4, 0.5) is 0 Å². The molecule has 0 aromatic carbocycles. The second kappa shape index (κ2) is 7.78. The average molecular weight is 254 g/mol. The molecule has 1 rings (SSSR count). The van der Waals surface area contributed by atoms with Gasteiger partial charge in [-0.15, -0.1) is 0 Å². The SMILES string of the molecule is C=C/C(=C\C=C(/C)C1=CCC=C(CC)C=C1)C(C)C. The van der Waals surface area contributed by atoms with Crippen molar-refractivity contribution in [3.05, 3.63) is 71.4 Å². The van der Waals surface area contributed by atoms with E-state index in [1.165, 1.54) is 22.3 Å².